The Kier molecular flexibility index (Phi) is 4.17. The van der Waals surface area contributed by atoms with Crippen LogP contribution in [-0.4, -0.2) is 10.7 Å². The molecular weight excluding hydrogens is 206 g/mol. The van der Waals surface area contributed by atoms with E-state index in [0.29, 0.717) is 6.42 Å². The average molecular weight is 221 g/mol. The van der Waals surface area contributed by atoms with E-state index < -0.39 is 4.92 Å². The lowest BCUT2D eigenvalue weighted by atomic mass is 9.94. The van der Waals surface area contributed by atoms with Gasteiger partial charge in [-0.05, 0) is 25.3 Å². The Morgan fingerprint density at radius 2 is 1.94 bits per heavy atom. The molecule has 1 aromatic rings. The summed E-state index contributed by atoms with van der Waals surface area (Å²) in [6, 6.07) is 6.37. The van der Waals surface area contributed by atoms with Crippen molar-refractivity contribution in [1.29, 1.82) is 0 Å². The molecule has 0 aromatic heterocycles. The van der Waals surface area contributed by atoms with E-state index in [1.54, 1.807) is 19.1 Å². The van der Waals surface area contributed by atoms with Crippen LogP contribution < -0.4 is 0 Å². The Hall–Kier alpha value is -1.71. The number of hydrogen-bond donors (Lipinski definition) is 0. The van der Waals surface area contributed by atoms with Gasteiger partial charge in [-0.1, -0.05) is 19.1 Å². The van der Waals surface area contributed by atoms with Gasteiger partial charge < -0.3 is 0 Å². The van der Waals surface area contributed by atoms with Crippen LogP contribution in [-0.2, 0) is 11.2 Å². The van der Waals surface area contributed by atoms with Gasteiger partial charge in [-0.15, -0.1) is 0 Å². The van der Waals surface area contributed by atoms with Crippen LogP contribution in [0.3, 0.4) is 0 Å². The molecule has 0 bridgehead atoms. The molecule has 0 fully saturated rings. The van der Waals surface area contributed by atoms with Crippen LogP contribution >= 0.6 is 0 Å². The third-order valence-electron chi connectivity index (χ3n) is 2.70. The van der Waals surface area contributed by atoms with Crippen molar-refractivity contribution in [3.05, 3.63) is 39.9 Å². The van der Waals surface area contributed by atoms with Crippen molar-refractivity contribution >= 4 is 11.5 Å². The lowest BCUT2D eigenvalue weighted by molar-refractivity contribution is -0.384. The number of ketones is 1. The van der Waals surface area contributed by atoms with Gasteiger partial charge in [0, 0.05) is 18.1 Å². The third-order valence-corrected chi connectivity index (χ3v) is 2.70. The summed E-state index contributed by atoms with van der Waals surface area (Å²) in [5.74, 6) is 0.183. The van der Waals surface area contributed by atoms with Crippen molar-refractivity contribution in [3.8, 4) is 0 Å². The van der Waals surface area contributed by atoms with E-state index in [9.17, 15) is 14.9 Å². The number of benzene rings is 1. The van der Waals surface area contributed by atoms with Crippen LogP contribution in [0.4, 0.5) is 5.69 Å². The number of Topliss-reactive ketones (excluding diaryl/α,β-unsaturated/α-hetero) is 1. The molecular formula is C12H15NO3. The highest BCUT2D eigenvalue weighted by Crippen LogP contribution is 2.17. The Bertz CT molecular complexity index is 384. The van der Waals surface area contributed by atoms with Gasteiger partial charge in [0.2, 0.25) is 0 Å². The van der Waals surface area contributed by atoms with Gasteiger partial charge >= 0.3 is 0 Å². The molecule has 86 valence electrons. The highest BCUT2D eigenvalue weighted by Gasteiger charge is 2.13. The molecule has 1 aromatic carbocycles. The highest BCUT2D eigenvalue weighted by atomic mass is 16.6. The molecule has 0 spiro atoms. The van der Waals surface area contributed by atoms with Crippen molar-refractivity contribution in [2.75, 3.05) is 0 Å². The van der Waals surface area contributed by atoms with Crippen molar-refractivity contribution in [1.82, 2.24) is 0 Å². The van der Waals surface area contributed by atoms with E-state index in [0.717, 1.165) is 12.0 Å². The molecule has 0 saturated carbocycles. The number of rotatable bonds is 5. The first-order valence-corrected chi connectivity index (χ1v) is 5.28. The first-order chi connectivity index (χ1) is 7.54. The van der Waals surface area contributed by atoms with E-state index in [2.05, 4.69) is 0 Å². The van der Waals surface area contributed by atoms with Crippen molar-refractivity contribution in [3.63, 3.8) is 0 Å². The van der Waals surface area contributed by atoms with Gasteiger partial charge in [0.05, 0.1) is 4.92 Å². The normalized spacial score (nSPS) is 12.1. The van der Waals surface area contributed by atoms with E-state index in [-0.39, 0.29) is 17.4 Å². The molecule has 0 heterocycles. The Labute approximate surface area is 94.4 Å². The van der Waals surface area contributed by atoms with E-state index >= 15 is 0 Å². The molecule has 0 amide bonds. The maximum Gasteiger partial charge on any atom is 0.269 e. The molecule has 1 rings (SSSR count). The second-order valence-electron chi connectivity index (χ2n) is 3.84. The lowest BCUT2D eigenvalue weighted by Gasteiger charge is -2.10. The summed E-state index contributed by atoms with van der Waals surface area (Å²) in [5.41, 5.74) is 1.05. The molecule has 4 heteroatoms. The molecule has 0 aliphatic carbocycles. The van der Waals surface area contributed by atoms with E-state index in [1.165, 1.54) is 12.1 Å². The van der Waals surface area contributed by atoms with Gasteiger partial charge in [0.1, 0.15) is 5.78 Å². The van der Waals surface area contributed by atoms with Gasteiger partial charge in [-0.3, -0.25) is 14.9 Å². The van der Waals surface area contributed by atoms with Crippen molar-refractivity contribution in [2.45, 2.75) is 26.7 Å². The Morgan fingerprint density at radius 3 is 2.31 bits per heavy atom. The van der Waals surface area contributed by atoms with Gasteiger partial charge in [-0.25, -0.2) is 0 Å². The maximum absolute atomic E-state index is 11.2. The molecule has 0 aliphatic rings. The Balaban J connectivity index is 2.75. The molecule has 0 N–H and O–H groups in total. The average Bonchev–Trinajstić information content (AvgIpc) is 2.26. The van der Waals surface area contributed by atoms with Gasteiger partial charge in [0.15, 0.2) is 0 Å². The quantitative estimate of drug-likeness (QED) is 0.567. The number of nitro groups is 1. The lowest BCUT2D eigenvalue weighted by Crippen LogP contribution is -2.12. The summed E-state index contributed by atoms with van der Waals surface area (Å²) >= 11 is 0. The zero-order valence-electron chi connectivity index (χ0n) is 9.47. The first kappa shape index (κ1) is 12.4. The summed E-state index contributed by atoms with van der Waals surface area (Å²) in [7, 11) is 0. The number of non-ortho nitro benzene ring substituents is 1. The molecule has 0 radical (unpaired) electrons. The fourth-order valence-corrected chi connectivity index (χ4v) is 1.61. The fraction of sp³-hybridized carbons (Fsp3) is 0.417. The second kappa shape index (κ2) is 5.39. The van der Waals surface area contributed by atoms with Gasteiger partial charge in [0.25, 0.3) is 5.69 Å². The Morgan fingerprint density at radius 1 is 1.38 bits per heavy atom. The largest absolute Gasteiger partial charge is 0.300 e. The highest BCUT2D eigenvalue weighted by molar-refractivity contribution is 5.78. The summed E-state index contributed by atoms with van der Waals surface area (Å²) in [6.45, 7) is 3.55. The van der Waals surface area contributed by atoms with Crippen LogP contribution in [0.25, 0.3) is 0 Å². The number of nitro benzene ring substituents is 1. The van der Waals surface area contributed by atoms with Crippen LogP contribution in [0.1, 0.15) is 25.8 Å². The predicted octanol–water partition coefficient (Wildman–Crippen LogP) is 2.75. The smallest absolute Gasteiger partial charge is 0.269 e. The van der Waals surface area contributed by atoms with Crippen LogP contribution in [0.5, 0.6) is 0 Å². The summed E-state index contributed by atoms with van der Waals surface area (Å²) in [6.07, 6.45) is 1.45. The topological polar surface area (TPSA) is 60.2 Å². The predicted molar refractivity (Wildman–Crippen MR) is 61.3 cm³/mol. The first-order valence-electron chi connectivity index (χ1n) is 5.28. The molecule has 4 nitrogen and oxygen atoms in total. The zero-order chi connectivity index (χ0) is 12.1. The van der Waals surface area contributed by atoms with Gasteiger partial charge in [-0.2, -0.15) is 0 Å². The van der Waals surface area contributed by atoms with E-state index in [1.807, 2.05) is 6.92 Å². The number of carbonyl (C=O) groups is 1. The summed E-state index contributed by atoms with van der Waals surface area (Å²) in [5, 5.41) is 10.5. The minimum absolute atomic E-state index is 0.0152. The molecule has 1 atom stereocenters. The minimum Gasteiger partial charge on any atom is -0.300 e. The summed E-state index contributed by atoms with van der Waals surface area (Å²) in [4.78, 5) is 21.3. The fourth-order valence-electron chi connectivity index (χ4n) is 1.61. The van der Waals surface area contributed by atoms with Crippen LogP contribution in [0.15, 0.2) is 24.3 Å². The minimum atomic E-state index is -0.425. The number of nitrogens with zero attached hydrogens (tertiary/aromatic N) is 1. The molecule has 0 unspecified atom stereocenters. The van der Waals surface area contributed by atoms with Crippen molar-refractivity contribution < 1.29 is 9.72 Å². The second-order valence-corrected chi connectivity index (χ2v) is 3.84. The van der Waals surface area contributed by atoms with Crippen LogP contribution in [0, 0.1) is 16.0 Å². The maximum atomic E-state index is 11.2. The van der Waals surface area contributed by atoms with Crippen molar-refractivity contribution in [2.24, 2.45) is 5.92 Å². The molecule has 0 saturated heterocycles. The number of hydrogen-bond acceptors (Lipinski definition) is 3. The summed E-state index contributed by atoms with van der Waals surface area (Å²) < 4.78 is 0. The third kappa shape index (κ3) is 3.15. The monoisotopic (exact) mass is 221 g/mol. The van der Waals surface area contributed by atoms with E-state index in [4.69, 9.17) is 0 Å². The molecule has 0 aliphatic heterocycles. The number of carbonyl (C=O) groups excluding carboxylic acids is 1. The van der Waals surface area contributed by atoms with Crippen LogP contribution in [0.2, 0.25) is 0 Å². The zero-order valence-corrected chi connectivity index (χ0v) is 9.47. The SMILES string of the molecule is CC[C@@H](Cc1ccc([N+](=O)[O-])cc1)C(C)=O. The standard InChI is InChI=1S/C12H15NO3/c1-3-11(9(2)14)8-10-4-6-12(7-5-10)13(15)16/h4-7,11H,3,8H2,1-2H3/t11-/m0/s1. The molecule has 16 heavy (non-hydrogen) atoms.